The molecule has 3 aromatic carbocycles. The number of hydrogen-bond donors (Lipinski definition) is 2. The van der Waals surface area contributed by atoms with E-state index in [4.69, 9.17) is 4.74 Å². The first-order chi connectivity index (χ1) is 13.4. The van der Waals surface area contributed by atoms with Crippen molar-refractivity contribution in [3.63, 3.8) is 0 Å². The topological polar surface area (TPSA) is 84.5 Å². The highest BCUT2D eigenvalue weighted by Crippen LogP contribution is 2.20. The maximum absolute atomic E-state index is 12.4. The van der Waals surface area contributed by atoms with Crippen LogP contribution in [0.3, 0.4) is 0 Å². The summed E-state index contributed by atoms with van der Waals surface area (Å²) in [6.45, 7) is -0.144. The monoisotopic (exact) mass is 460 g/mol. The second-order valence-corrected chi connectivity index (χ2v) is 8.38. The van der Waals surface area contributed by atoms with Crippen molar-refractivity contribution in [2.45, 2.75) is 4.90 Å². The van der Waals surface area contributed by atoms with Crippen molar-refractivity contribution in [1.82, 2.24) is 0 Å². The van der Waals surface area contributed by atoms with Crippen molar-refractivity contribution in [1.29, 1.82) is 0 Å². The maximum atomic E-state index is 12.4. The number of hydrogen-bond acceptors (Lipinski definition) is 4. The minimum atomic E-state index is -3.72. The number of halogens is 1. The van der Waals surface area contributed by atoms with E-state index in [2.05, 4.69) is 26.0 Å². The Morgan fingerprint density at radius 2 is 1.46 bits per heavy atom. The summed E-state index contributed by atoms with van der Waals surface area (Å²) in [5, 5.41) is 2.66. The van der Waals surface area contributed by atoms with Crippen LogP contribution in [0.2, 0.25) is 0 Å². The Kier molecular flexibility index (Phi) is 6.33. The van der Waals surface area contributed by atoms with Gasteiger partial charge in [0, 0.05) is 15.8 Å². The lowest BCUT2D eigenvalue weighted by Crippen LogP contribution is -2.20. The average molecular weight is 461 g/mol. The molecule has 0 fully saturated rings. The normalized spacial score (nSPS) is 10.9. The fraction of sp³-hybridized carbons (Fsp3) is 0.0500. The average Bonchev–Trinajstić information content (AvgIpc) is 2.69. The second kappa shape index (κ2) is 8.90. The summed E-state index contributed by atoms with van der Waals surface area (Å²) in [5.74, 6) is 0.255. The highest BCUT2D eigenvalue weighted by atomic mass is 79.9. The Balaban J connectivity index is 1.59. The van der Waals surface area contributed by atoms with Gasteiger partial charge in [-0.15, -0.1) is 0 Å². The lowest BCUT2D eigenvalue weighted by Gasteiger charge is -2.10. The summed E-state index contributed by atoms with van der Waals surface area (Å²) < 4.78 is 33.6. The van der Waals surface area contributed by atoms with Crippen LogP contribution < -0.4 is 14.8 Å². The van der Waals surface area contributed by atoms with Crippen LogP contribution in [0.1, 0.15) is 0 Å². The molecule has 1 amide bonds. The van der Waals surface area contributed by atoms with Gasteiger partial charge in [0.2, 0.25) is 0 Å². The highest BCUT2D eigenvalue weighted by molar-refractivity contribution is 9.10. The first-order valence-corrected chi connectivity index (χ1v) is 10.6. The molecule has 8 heteroatoms. The summed E-state index contributed by atoms with van der Waals surface area (Å²) in [4.78, 5) is 12.1. The van der Waals surface area contributed by atoms with Crippen LogP contribution >= 0.6 is 15.9 Å². The molecule has 0 bridgehead atoms. The van der Waals surface area contributed by atoms with Crippen molar-refractivity contribution in [2.24, 2.45) is 0 Å². The number of ether oxygens (including phenoxy) is 1. The first-order valence-electron chi connectivity index (χ1n) is 8.28. The van der Waals surface area contributed by atoms with Gasteiger partial charge in [-0.05, 0) is 60.7 Å². The number of benzene rings is 3. The molecule has 0 atom stereocenters. The zero-order chi connectivity index (χ0) is 20.0. The quantitative estimate of drug-likeness (QED) is 0.551. The predicted octanol–water partition coefficient (Wildman–Crippen LogP) is 4.27. The van der Waals surface area contributed by atoms with Crippen molar-refractivity contribution in [3.05, 3.63) is 83.3 Å². The number of anilines is 2. The molecular weight excluding hydrogens is 444 g/mol. The van der Waals surface area contributed by atoms with Gasteiger partial charge < -0.3 is 10.1 Å². The predicted molar refractivity (Wildman–Crippen MR) is 112 cm³/mol. The summed E-state index contributed by atoms with van der Waals surface area (Å²) in [7, 11) is -3.72. The molecule has 3 aromatic rings. The van der Waals surface area contributed by atoms with E-state index in [1.54, 1.807) is 36.4 Å². The van der Waals surface area contributed by atoms with Gasteiger partial charge in [0.05, 0.1) is 4.90 Å². The van der Waals surface area contributed by atoms with E-state index in [0.717, 1.165) is 4.47 Å². The maximum Gasteiger partial charge on any atom is 0.262 e. The summed E-state index contributed by atoms with van der Waals surface area (Å²) in [6, 6.07) is 21.7. The SMILES string of the molecule is O=C(COc1ccccc1)Nc1ccc(S(=O)(=O)Nc2ccc(Br)cc2)cc1. The molecule has 28 heavy (non-hydrogen) atoms. The van der Waals surface area contributed by atoms with Crippen LogP contribution in [0.4, 0.5) is 11.4 Å². The van der Waals surface area contributed by atoms with Gasteiger partial charge in [0.25, 0.3) is 15.9 Å². The van der Waals surface area contributed by atoms with Gasteiger partial charge in [-0.3, -0.25) is 9.52 Å². The largest absolute Gasteiger partial charge is 0.484 e. The highest BCUT2D eigenvalue weighted by Gasteiger charge is 2.14. The molecule has 0 spiro atoms. The van der Waals surface area contributed by atoms with Crippen LogP contribution in [-0.4, -0.2) is 20.9 Å². The molecule has 2 N–H and O–H groups in total. The van der Waals surface area contributed by atoms with E-state index in [0.29, 0.717) is 17.1 Å². The molecule has 0 unspecified atom stereocenters. The van der Waals surface area contributed by atoms with E-state index >= 15 is 0 Å². The molecule has 0 aliphatic heterocycles. The van der Waals surface area contributed by atoms with Crippen LogP contribution in [0.15, 0.2) is 88.2 Å². The van der Waals surface area contributed by atoms with Crippen molar-refractivity contribution < 1.29 is 17.9 Å². The van der Waals surface area contributed by atoms with E-state index in [9.17, 15) is 13.2 Å². The summed E-state index contributed by atoms with van der Waals surface area (Å²) >= 11 is 3.30. The standard InChI is InChI=1S/C20H17BrN2O4S/c21-15-6-8-17(9-7-15)23-28(25,26)19-12-10-16(11-13-19)22-20(24)14-27-18-4-2-1-3-5-18/h1-13,23H,14H2,(H,22,24). The van der Waals surface area contributed by atoms with Crippen molar-refractivity contribution in [2.75, 3.05) is 16.6 Å². The molecule has 0 aliphatic carbocycles. The van der Waals surface area contributed by atoms with Gasteiger partial charge in [-0.1, -0.05) is 34.1 Å². The Morgan fingerprint density at radius 3 is 2.11 bits per heavy atom. The lowest BCUT2D eigenvalue weighted by atomic mass is 10.3. The minimum absolute atomic E-state index is 0.0916. The van der Waals surface area contributed by atoms with E-state index in [1.807, 2.05) is 18.2 Å². The van der Waals surface area contributed by atoms with E-state index < -0.39 is 10.0 Å². The summed E-state index contributed by atoms with van der Waals surface area (Å²) in [6.07, 6.45) is 0. The third kappa shape index (κ3) is 5.58. The van der Waals surface area contributed by atoms with Crippen molar-refractivity contribution >= 4 is 43.2 Å². The molecule has 144 valence electrons. The molecular formula is C20H17BrN2O4S. The van der Waals surface area contributed by atoms with Crippen LogP contribution in [0, 0.1) is 0 Å². The number of rotatable bonds is 7. The smallest absolute Gasteiger partial charge is 0.262 e. The van der Waals surface area contributed by atoms with Gasteiger partial charge in [0.1, 0.15) is 5.75 Å². The number of para-hydroxylation sites is 1. The van der Waals surface area contributed by atoms with Gasteiger partial charge in [0.15, 0.2) is 6.61 Å². The zero-order valence-electron chi connectivity index (χ0n) is 14.6. The molecule has 0 aromatic heterocycles. The van der Waals surface area contributed by atoms with Gasteiger partial charge in [-0.2, -0.15) is 0 Å². The molecule has 0 aliphatic rings. The van der Waals surface area contributed by atoms with Gasteiger partial charge >= 0.3 is 0 Å². The molecule has 0 radical (unpaired) electrons. The molecule has 0 saturated carbocycles. The lowest BCUT2D eigenvalue weighted by molar-refractivity contribution is -0.118. The molecule has 0 saturated heterocycles. The number of carbonyl (C=O) groups excluding carboxylic acids is 1. The fourth-order valence-corrected chi connectivity index (χ4v) is 3.64. The van der Waals surface area contributed by atoms with E-state index in [-0.39, 0.29) is 17.4 Å². The molecule has 6 nitrogen and oxygen atoms in total. The number of sulfonamides is 1. The Hall–Kier alpha value is -2.84. The minimum Gasteiger partial charge on any atom is -0.484 e. The molecule has 3 rings (SSSR count). The fourth-order valence-electron chi connectivity index (χ4n) is 2.31. The Labute approximate surface area is 171 Å². The summed E-state index contributed by atoms with van der Waals surface area (Å²) in [5.41, 5.74) is 0.933. The molecule has 0 heterocycles. The Bertz CT molecular complexity index is 1040. The third-order valence-corrected chi connectivity index (χ3v) is 5.58. The van der Waals surface area contributed by atoms with Crippen LogP contribution in [0.25, 0.3) is 0 Å². The first kappa shape index (κ1) is 19.9. The number of nitrogens with one attached hydrogen (secondary N) is 2. The van der Waals surface area contributed by atoms with Gasteiger partial charge in [-0.25, -0.2) is 8.42 Å². The second-order valence-electron chi connectivity index (χ2n) is 5.79. The third-order valence-electron chi connectivity index (χ3n) is 3.66. The number of carbonyl (C=O) groups is 1. The zero-order valence-corrected chi connectivity index (χ0v) is 17.0. The van der Waals surface area contributed by atoms with Crippen molar-refractivity contribution in [3.8, 4) is 5.75 Å². The van der Waals surface area contributed by atoms with Crippen LogP contribution in [0.5, 0.6) is 5.75 Å². The Morgan fingerprint density at radius 1 is 0.857 bits per heavy atom. The van der Waals surface area contributed by atoms with Crippen LogP contribution in [-0.2, 0) is 14.8 Å². The van der Waals surface area contributed by atoms with E-state index in [1.165, 1.54) is 24.3 Å². The number of amides is 1.